The minimum absolute atomic E-state index is 0.473. The van der Waals surface area contributed by atoms with Crippen LogP contribution in [-0.2, 0) is 6.42 Å². The van der Waals surface area contributed by atoms with Crippen LogP contribution in [0.15, 0.2) is 18.2 Å². The third-order valence-electron chi connectivity index (χ3n) is 3.80. The highest BCUT2D eigenvalue weighted by Gasteiger charge is 2.22. The van der Waals surface area contributed by atoms with Crippen molar-refractivity contribution in [1.29, 1.82) is 5.26 Å². The highest BCUT2D eigenvalue weighted by molar-refractivity contribution is 5.43. The highest BCUT2D eigenvalue weighted by Crippen LogP contribution is 2.35. The Hall–Kier alpha value is -1.53. The van der Waals surface area contributed by atoms with Gasteiger partial charge in [-0.3, -0.25) is 0 Å². The first kappa shape index (κ1) is 14.9. The van der Waals surface area contributed by atoms with Crippen molar-refractivity contribution in [1.82, 2.24) is 5.32 Å². The summed E-state index contributed by atoms with van der Waals surface area (Å²) < 4.78 is 5.88. The maximum atomic E-state index is 8.56. The van der Waals surface area contributed by atoms with Crippen LogP contribution in [0.1, 0.15) is 56.2 Å². The minimum atomic E-state index is 0.473. The van der Waals surface area contributed by atoms with Crippen LogP contribution in [0, 0.1) is 11.3 Å². The monoisotopic (exact) mass is 272 g/mol. The molecule has 1 aromatic carbocycles. The van der Waals surface area contributed by atoms with Gasteiger partial charge in [0.05, 0.1) is 12.7 Å². The fourth-order valence-electron chi connectivity index (χ4n) is 2.81. The first-order chi connectivity index (χ1) is 9.86. The Morgan fingerprint density at radius 1 is 1.45 bits per heavy atom. The van der Waals surface area contributed by atoms with Gasteiger partial charge in [0.15, 0.2) is 0 Å². The Balaban J connectivity index is 2.06. The molecule has 1 atom stereocenters. The van der Waals surface area contributed by atoms with E-state index < -0.39 is 0 Å². The molecule has 0 bridgehead atoms. The highest BCUT2D eigenvalue weighted by atomic mass is 16.5. The van der Waals surface area contributed by atoms with Crippen molar-refractivity contribution in [3.8, 4) is 11.8 Å². The Kier molecular flexibility index (Phi) is 5.88. The lowest BCUT2D eigenvalue weighted by atomic mass is 9.87. The number of nitriles is 1. The third-order valence-corrected chi connectivity index (χ3v) is 3.80. The molecule has 108 valence electrons. The summed E-state index contributed by atoms with van der Waals surface area (Å²) in [6.45, 7) is 3.90. The van der Waals surface area contributed by atoms with Gasteiger partial charge in [-0.25, -0.2) is 0 Å². The molecule has 0 aliphatic heterocycles. The molecule has 2 rings (SSSR count). The maximum Gasteiger partial charge on any atom is 0.122 e. The maximum absolute atomic E-state index is 8.56. The molecule has 0 fully saturated rings. The van der Waals surface area contributed by atoms with Crippen molar-refractivity contribution in [3.63, 3.8) is 0 Å². The summed E-state index contributed by atoms with van der Waals surface area (Å²) >= 11 is 0. The van der Waals surface area contributed by atoms with Gasteiger partial charge in [-0.2, -0.15) is 5.26 Å². The molecule has 0 spiro atoms. The van der Waals surface area contributed by atoms with Gasteiger partial charge in [-0.15, -0.1) is 0 Å². The summed E-state index contributed by atoms with van der Waals surface area (Å²) in [6, 6.07) is 9.01. The van der Waals surface area contributed by atoms with Crippen LogP contribution >= 0.6 is 0 Å². The number of ether oxygens (including phenoxy) is 1. The summed E-state index contributed by atoms with van der Waals surface area (Å²) in [5.41, 5.74) is 2.77. The summed E-state index contributed by atoms with van der Waals surface area (Å²) in [6.07, 6.45) is 6.06. The van der Waals surface area contributed by atoms with Gasteiger partial charge < -0.3 is 10.1 Å². The molecule has 3 heteroatoms. The lowest BCUT2D eigenvalue weighted by Crippen LogP contribution is -2.26. The molecule has 1 N–H and O–H groups in total. The fraction of sp³-hybridized carbons (Fsp3) is 0.588. The third kappa shape index (κ3) is 3.74. The first-order valence-electron chi connectivity index (χ1n) is 7.71. The van der Waals surface area contributed by atoms with Crippen molar-refractivity contribution >= 4 is 0 Å². The molecule has 1 unspecified atom stereocenters. The second-order valence-electron chi connectivity index (χ2n) is 5.33. The molecule has 1 aliphatic rings. The van der Waals surface area contributed by atoms with Crippen molar-refractivity contribution in [2.75, 3.05) is 13.2 Å². The standard InChI is InChI=1S/C17H24N2O/c1-2-12-19-16-9-5-8-15-14(16)7-6-10-17(15)20-13-4-3-11-18/h6-7,10,16,19H,2-5,8-9,12-13H2,1H3. The van der Waals surface area contributed by atoms with Gasteiger partial charge in [0, 0.05) is 12.5 Å². The van der Waals surface area contributed by atoms with Crippen LogP contribution < -0.4 is 10.1 Å². The molecule has 20 heavy (non-hydrogen) atoms. The van der Waals surface area contributed by atoms with Crippen molar-refractivity contribution < 1.29 is 4.74 Å². The molecule has 0 saturated carbocycles. The Bertz CT molecular complexity index is 465. The second kappa shape index (κ2) is 7.91. The Labute approximate surface area is 121 Å². The van der Waals surface area contributed by atoms with E-state index in [0.29, 0.717) is 19.1 Å². The molecular formula is C17H24N2O. The number of nitrogens with zero attached hydrogens (tertiary/aromatic N) is 1. The Morgan fingerprint density at radius 3 is 3.15 bits per heavy atom. The van der Waals surface area contributed by atoms with Crippen molar-refractivity contribution in [2.45, 2.75) is 51.5 Å². The first-order valence-corrected chi connectivity index (χ1v) is 7.71. The molecular weight excluding hydrogens is 248 g/mol. The molecule has 0 amide bonds. The van der Waals surface area contributed by atoms with Crippen molar-refractivity contribution in [3.05, 3.63) is 29.3 Å². The summed E-state index contributed by atoms with van der Waals surface area (Å²) in [7, 11) is 0. The average Bonchev–Trinajstić information content (AvgIpc) is 2.49. The van der Waals surface area contributed by atoms with E-state index in [1.807, 2.05) is 0 Å². The lowest BCUT2D eigenvalue weighted by molar-refractivity contribution is 0.306. The van der Waals surface area contributed by atoms with Gasteiger partial charge >= 0.3 is 0 Å². The number of benzene rings is 1. The number of nitrogens with one attached hydrogen (secondary N) is 1. The topological polar surface area (TPSA) is 45.0 Å². The van der Waals surface area contributed by atoms with Crippen LogP contribution in [0.3, 0.4) is 0 Å². The van der Waals surface area contributed by atoms with Gasteiger partial charge in [0.25, 0.3) is 0 Å². The van der Waals surface area contributed by atoms with Gasteiger partial charge in [0.2, 0.25) is 0 Å². The van der Waals surface area contributed by atoms with Crippen LogP contribution in [0.4, 0.5) is 0 Å². The van der Waals surface area contributed by atoms with E-state index in [0.717, 1.165) is 31.6 Å². The Morgan fingerprint density at radius 2 is 2.35 bits per heavy atom. The minimum Gasteiger partial charge on any atom is -0.493 e. The number of fused-ring (bicyclic) bond motifs is 1. The molecule has 0 heterocycles. The number of unbranched alkanes of at least 4 members (excludes halogenated alkanes) is 1. The van der Waals surface area contributed by atoms with E-state index in [4.69, 9.17) is 10.00 Å². The average molecular weight is 272 g/mol. The smallest absolute Gasteiger partial charge is 0.122 e. The predicted molar refractivity (Wildman–Crippen MR) is 80.8 cm³/mol. The van der Waals surface area contributed by atoms with E-state index in [-0.39, 0.29) is 0 Å². The van der Waals surface area contributed by atoms with E-state index in [1.165, 1.54) is 24.0 Å². The summed E-state index contributed by atoms with van der Waals surface area (Å²) in [5.74, 6) is 1.02. The van der Waals surface area contributed by atoms with E-state index in [2.05, 4.69) is 36.5 Å². The molecule has 0 saturated heterocycles. The predicted octanol–water partition coefficient (Wildman–Crippen LogP) is 3.75. The normalized spacial score (nSPS) is 17.3. The van der Waals surface area contributed by atoms with E-state index in [1.54, 1.807) is 0 Å². The van der Waals surface area contributed by atoms with Gasteiger partial charge in [-0.1, -0.05) is 19.1 Å². The molecule has 3 nitrogen and oxygen atoms in total. The van der Waals surface area contributed by atoms with Crippen LogP contribution in [0.5, 0.6) is 5.75 Å². The largest absolute Gasteiger partial charge is 0.493 e. The van der Waals surface area contributed by atoms with Crippen LogP contribution in [-0.4, -0.2) is 13.2 Å². The van der Waals surface area contributed by atoms with Crippen molar-refractivity contribution in [2.24, 2.45) is 0 Å². The second-order valence-corrected chi connectivity index (χ2v) is 5.33. The zero-order chi connectivity index (χ0) is 14.2. The quantitative estimate of drug-likeness (QED) is 0.769. The summed E-state index contributed by atoms with van der Waals surface area (Å²) in [5, 5.41) is 12.2. The number of rotatable bonds is 7. The van der Waals surface area contributed by atoms with Crippen LogP contribution in [0.2, 0.25) is 0 Å². The van der Waals surface area contributed by atoms with E-state index >= 15 is 0 Å². The van der Waals surface area contributed by atoms with Gasteiger partial charge in [-0.05, 0) is 55.8 Å². The summed E-state index contributed by atoms with van der Waals surface area (Å²) in [4.78, 5) is 0. The molecule has 1 aromatic rings. The number of hydrogen-bond acceptors (Lipinski definition) is 3. The molecule has 0 aromatic heterocycles. The molecule has 0 radical (unpaired) electrons. The SMILES string of the molecule is CCCNC1CCCc2c(OCCCC#N)cccc21. The number of hydrogen-bond donors (Lipinski definition) is 1. The van der Waals surface area contributed by atoms with E-state index in [9.17, 15) is 0 Å². The molecule has 1 aliphatic carbocycles. The lowest BCUT2D eigenvalue weighted by Gasteiger charge is -2.28. The fourth-order valence-corrected chi connectivity index (χ4v) is 2.81. The van der Waals surface area contributed by atoms with Gasteiger partial charge in [0.1, 0.15) is 5.75 Å². The zero-order valence-electron chi connectivity index (χ0n) is 12.3. The van der Waals surface area contributed by atoms with Crippen LogP contribution in [0.25, 0.3) is 0 Å². The zero-order valence-corrected chi connectivity index (χ0v) is 12.3.